The number of nitrogens with zero attached hydrogens (tertiary/aromatic N) is 4. The third kappa shape index (κ3) is 9.19. The number of nitrogens with one attached hydrogen (secondary N) is 1. The number of para-hydroxylation sites is 2. The quantitative estimate of drug-likeness (QED) is 0.259. The van der Waals surface area contributed by atoms with Gasteiger partial charge in [0.25, 0.3) is 17.7 Å². The van der Waals surface area contributed by atoms with Crippen molar-refractivity contribution in [2.24, 2.45) is 0 Å². The van der Waals surface area contributed by atoms with Crippen LogP contribution in [0.5, 0.6) is 11.5 Å². The Bertz CT molecular complexity index is 1950. The number of halogens is 6. The average molecular weight is 806 g/mol. The Balaban J connectivity index is 1.45. The van der Waals surface area contributed by atoms with Crippen LogP contribution in [0, 0.1) is 0 Å². The highest BCUT2D eigenvalue weighted by molar-refractivity contribution is 7.89. The molecule has 3 aromatic rings. The number of likely N-dealkylation sites (tertiary alicyclic amines) is 1. The summed E-state index contributed by atoms with van der Waals surface area (Å²) in [4.78, 5) is 48.1. The number of sulfonamides is 1. The summed E-state index contributed by atoms with van der Waals surface area (Å²) in [5.74, 6) is -2.57. The van der Waals surface area contributed by atoms with Gasteiger partial charge in [0.15, 0.2) is 6.61 Å². The Hall–Kier alpha value is -4.59. The number of carbonyl (C=O) groups excluding carboxylic acids is 3. The fourth-order valence-corrected chi connectivity index (χ4v) is 7.89. The Morgan fingerprint density at radius 3 is 2.35 bits per heavy atom. The van der Waals surface area contributed by atoms with E-state index in [1.807, 2.05) is 9.62 Å². The predicted molar refractivity (Wildman–Crippen MR) is 185 cm³/mol. The molecule has 3 amide bonds. The highest BCUT2D eigenvalue weighted by Gasteiger charge is 2.56. The van der Waals surface area contributed by atoms with E-state index in [0.717, 1.165) is 35.0 Å². The predicted octanol–water partition coefficient (Wildman–Crippen LogP) is 5.21. The summed E-state index contributed by atoms with van der Waals surface area (Å²) in [5, 5.41) is 1.11. The van der Waals surface area contributed by atoms with Crippen LogP contribution in [0.1, 0.15) is 53.4 Å². The van der Waals surface area contributed by atoms with Crippen LogP contribution in [-0.4, -0.2) is 98.2 Å². The third-order valence-corrected chi connectivity index (χ3v) is 10.5. The van der Waals surface area contributed by atoms with Crippen LogP contribution in [0.15, 0.2) is 54.2 Å². The van der Waals surface area contributed by atoms with Crippen LogP contribution in [0.3, 0.4) is 0 Å². The zero-order chi connectivity index (χ0) is 39.5. The molecule has 0 aliphatic carbocycles. The molecule has 2 fully saturated rings. The lowest BCUT2D eigenvalue weighted by Crippen LogP contribution is -2.69. The molecule has 2 atom stereocenters. The number of carbonyl (C=O) groups is 3. The maximum Gasteiger partial charge on any atom is 0.425 e. The largest absolute Gasteiger partial charge is 0.482 e. The van der Waals surface area contributed by atoms with Crippen LogP contribution in [0.25, 0.3) is 0 Å². The second-order valence-electron chi connectivity index (χ2n) is 12.8. The number of thiophene rings is 1. The molecule has 0 bridgehead atoms. The number of hydrogen-bond donors (Lipinski definition) is 1. The van der Waals surface area contributed by atoms with E-state index in [2.05, 4.69) is 4.98 Å². The van der Waals surface area contributed by atoms with E-state index in [1.165, 1.54) is 4.90 Å². The topological polar surface area (TPSA) is 138 Å². The summed E-state index contributed by atoms with van der Waals surface area (Å²) in [5.41, 5.74) is -3.38. The lowest BCUT2D eigenvalue weighted by molar-refractivity contribution is -0.159. The first-order valence-corrected chi connectivity index (χ1v) is 19.5. The Morgan fingerprint density at radius 2 is 1.72 bits per heavy atom. The number of alkyl halides is 6. The van der Waals surface area contributed by atoms with E-state index in [1.54, 1.807) is 31.2 Å². The molecule has 2 aliphatic rings. The van der Waals surface area contributed by atoms with Gasteiger partial charge >= 0.3 is 12.4 Å². The summed E-state index contributed by atoms with van der Waals surface area (Å²) < 4.78 is 120. The molecular formula is C34H37F6N5O7S2. The second kappa shape index (κ2) is 16.0. The van der Waals surface area contributed by atoms with Gasteiger partial charge in [0.2, 0.25) is 15.6 Å². The Kier molecular flexibility index (Phi) is 12.0. The van der Waals surface area contributed by atoms with Crippen molar-refractivity contribution >= 4 is 44.8 Å². The van der Waals surface area contributed by atoms with E-state index in [0.29, 0.717) is 29.5 Å². The van der Waals surface area contributed by atoms with Crippen molar-refractivity contribution in [3.8, 4) is 11.5 Å². The minimum absolute atomic E-state index is 0.0386. The molecule has 4 heterocycles. The van der Waals surface area contributed by atoms with E-state index < -0.39 is 74.4 Å². The molecule has 0 saturated carbocycles. The first-order chi connectivity index (χ1) is 25.3. The van der Waals surface area contributed by atoms with Gasteiger partial charge in [-0.2, -0.15) is 26.3 Å². The standard InChI is InChI=1S/C34H37F6N5O7S2/c1-3-7-27-32(52-22-18-28(53-21-22)34(38,39)40,11-6-13-45(27)30(47)23-19-41-12-10-24(23)33(35,36)37)31(48)44-16-14-43(15-17-44)25-8-4-5-9-26(25)51-20-29(46)42-54(2,49)50/h4-5,8-10,12,18-19,21,27H,3,6-7,11,13-17,20H2,1-2H3,(H,42,46)/t27-,32+/m1/s1. The maximum atomic E-state index is 14.8. The van der Waals surface area contributed by atoms with Gasteiger partial charge < -0.3 is 24.2 Å². The van der Waals surface area contributed by atoms with E-state index in [9.17, 15) is 49.1 Å². The molecule has 20 heteroatoms. The van der Waals surface area contributed by atoms with Crippen molar-refractivity contribution in [2.45, 2.75) is 56.6 Å². The lowest BCUT2D eigenvalue weighted by Gasteiger charge is -2.50. The number of ether oxygens (including phenoxy) is 2. The van der Waals surface area contributed by atoms with Crippen LogP contribution < -0.4 is 19.1 Å². The van der Waals surface area contributed by atoms with Gasteiger partial charge in [0, 0.05) is 63.0 Å². The molecule has 2 aliphatic heterocycles. The Labute approximate surface area is 311 Å². The van der Waals surface area contributed by atoms with Gasteiger partial charge in [-0.15, -0.1) is 11.3 Å². The minimum atomic E-state index is -4.90. The molecule has 0 spiro atoms. The summed E-state index contributed by atoms with van der Waals surface area (Å²) in [7, 11) is -3.81. The first-order valence-electron chi connectivity index (χ1n) is 16.8. The van der Waals surface area contributed by atoms with Gasteiger partial charge in [-0.05, 0) is 31.0 Å². The van der Waals surface area contributed by atoms with Gasteiger partial charge in [0.05, 0.1) is 29.1 Å². The molecule has 1 N–H and O–H groups in total. The highest BCUT2D eigenvalue weighted by Crippen LogP contribution is 2.43. The number of anilines is 1. The number of benzene rings is 1. The van der Waals surface area contributed by atoms with E-state index in [4.69, 9.17) is 9.47 Å². The molecule has 2 saturated heterocycles. The van der Waals surface area contributed by atoms with Gasteiger partial charge in [-0.3, -0.25) is 24.1 Å². The SMILES string of the molecule is CCC[C@H]1N(C(=O)c2cnccc2C(F)(F)F)CCC[C@@]1(Oc1csc(C(F)(F)F)c1)C(=O)N1CCN(c2ccccc2OCC(=O)NS(C)(=O)=O)CC1. The average Bonchev–Trinajstić information content (AvgIpc) is 3.59. The molecule has 12 nitrogen and oxygen atoms in total. The van der Waals surface area contributed by atoms with Crippen molar-refractivity contribution in [3.05, 3.63) is 70.2 Å². The van der Waals surface area contributed by atoms with E-state index in [-0.39, 0.29) is 63.5 Å². The smallest absolute Gasteiger partial charge is 0.425 e. The van der Waals surface area contributed by atoms with Crippen molar-refractivity contribution in [1.82, 2.24) is 19.5 Å². The van der Waals surface area contributed by atoms with Crippen LogP contribution in [-0.2, 0) is 32.0 Å². The van der Waals surface area contributed by atoms with Crippen LogP contribution in [0.2, 0.25) is 0 Å². The second-order valence-corrected chi connectivity index (χ2v) is 15.5. The zero-order valence-corrected chi connectivity index (χ0v) is 30.7. The van der Waals surface area contributed by atoms with Crippen LogP contribution >= 0.6 is 11.3 Å². The molecule has 294 valence electrons. The maximum absolute atomic E-state index is 14.8. The van der Waals surface area contributed by atoms with Gasteiger partial charge in [-0.1, -0.05) is 25.5 Å². The molecule has 0 radical (unpaired) electrons. The number of hydrogen-bond acceptors (Lipinski definition) is 10. The molecule has 1 aromatic carbocycles. The normalized spacial score (nSPS) is 19.7. The molecule has 2 aromatic heterocycles. The summed E-state index contributed by atoms with van der Waals surface area (Å²) >= 11 is 0.360. The van der Waals surface area contributed by atoms with Gasteiger partial charge in [-0.25, -0.2) is 8.42 Å². The van der Waals surface area contributed by atoms with Crippen molar-refractivity contribution in [1.29, 1.82) is 0 Å². The molecule has 54 heavy (non-hydrogen) atoms. The summed E-state index contributed by atoms with van der Waals surface area (Å²) in [6.07, 6.45) is -6.59. The number of piperazine rings is 1. The van der Waals surface area contributed by atoms with Crippen molar-refractivity contribution in [2.75, 3.05) is 50.5 Å². The molecule has 0 unspecified atom stereocenters. The third-order valence-electron chi connectivity index (χ3n) is 8.99. The Morgan fingerprint density at radius 1 is 1.02 bits per heavy atom. The number of piperidine rings is 1. The number of aromatic nitrogens is 1. The summed E-state index contributed by atoms with van der Waals surface area (Å²) in [6.45, 7) is 1.65. The fourth-order valence-electron chi connectivity index (χ4n) is 6.74. The number of amides is 3. The number of pyridine rings is 1. The zero-order valence-electron chi connectivity index (χ0n) is 29.1. The highest BCUT2D eigenvalue weighted by atomic mass is 32.2. The molecule has 5 rings (SSSR count). The van der Waals surface area contributed by atoms with Crippen LogP contribution in [0.4, 0.5) is 32.0 Å². The summed E-state index contributed by atoms with van der Waals surface area (Å²) in [6, 6.07) is 6.92. The minimum Gasteiger partial charge on any atom is -0.482 e. The molecular weight excluding hydrogens is 769 g/mol. The van der Waals surface area contributed by atoms with Crippen molar-refractivity contribution < 1.29 is 58.6 Å². The lowest BCUT2D eigenvalue weighted by atomic mass is 9.79. The fraction of sp³-hybridized carbons (Fsp3) is 0.471. The van der Waals surface area contributed by atoms with Crippen molar-refractivity contribution in [3.63, 3.8) is 0 Å². The first kappa shape index (κ1) is 40.6. The van der Waals surface area contributed by atoms with Gasteiger partial charge in [0.1, 0.15) is 16.4 Å². The monoisotopic (exact) mass is 805 g/mol. The number of rotatable bonds is 11. The van der Waals surface area contributed by atoms with E-state index >= 15 is 0 Å².